The molecule has 0 aliphatic rings. The molecule has 0 bridgehead atoms. The van der Waals surface area contributed by atoms with Gasteiger partial charge in [-0.1, -0.05) is 29.8 Å². The summed E-state index contributed by atoms with van der Waals surface area (Å²) in [6, 6.07) is 10.7. The Morgan fingerprint density at radius 1 is 1.29 bits per heavy atom. The number of halogens is 1. The third kappa shape index (κ3) is 3.47. The van der Waals surface area contributed by atoms with Gasteiger partial charge in [0.05, 0.1) is 7.11 Å². The molecular formula is C16H16ClNO3. The zero-order valence-electron chi connectivity index (χ0n) is 11.9. The van der Waals surface area contributed by atoms with Crippen LogP contribution in [0.25, 0.3) is 0 Å². The van der Waals surface area contributed by atoms with Crippen LogP contribution < -0.4 is 15.2 Å². The normalized spacial score (nSPS) is 10.2. The van der Waals surface area contributed by atoms with Crippen molar-refractivity contribution in [1.82, 2.24) is 0 Å². The largest absolute Gasteiger partial charge is 0.493 e. The number of aryl methyl sites for hydroxylation is 1. The van der Waals surface area contributed by atoms with E-state index in [2.05, 4.69) is 0 Å². The molecule has 0 unspecified atom stereocenters. The van der Waals surface area contributed by atoms with Crippen molar-refractivity contribution in [3.8, 4) is 11.5 Å². The van der Waals surface area contributed by atoms with E-state index >= 15 is 0 Å². The second-order valence-electron chi connectivity index (χ2n) is 4.57. The molecule has 1 amide bonds. The number of methoxy groups -OCH3 is 1. The van der Waals surface area contributed by atoms with Gasteiger partial charge in [-0.05, 0) is 30.7 Å². The summed E-state index contributed by atoms with van der Waals surface area (Å²) in [5, 5.41) is 0.642. The van der Waals surface area contributed by atoms with Crippen LogP contribution in [0.2, 0.25) is 5.02 Å². The molecule has 5 heteroatoms. The number of benzene rings is 2. The zero-order valence-corrected chi connectivity index (χ0v) is 12.6. The summed E-state index contributed by atoms with van der Waals surface area (Å²) in [6.45, 7) is 2.14. The molecule has 0 saturated heterocycles. The Kier molecular flexibility index (Phi) is 4.70. The number of hydrogen-bond acceptors (Lipinski definition) is 3. The molecule has 0 aliphatic heterocycles. The van der Waals surface area contributed by atoms with Crippen molar-refractivity contribution in [1.29, 1.82) is 0 Å². The van der Waals surface area contributed by atoms with Gasteiger partial charge in [-0.2, -0.15) is 0 Å². The molecule has 110 valence electrons. The molecule has 0 aromatic heterocycles. The van der Waals surface area contributed by atoms with E-state index < -0.39 is 5.91 Å². The van der Waals surface area contributed by atoms with Crippen LogP contribution in [0.5, 0.6) is 11.5 Å². The lowest BCUT2D eigenvalue weighted by Gasteiger charge is -2.15. The summed E-state index contributed by atoms with van der Waals surface area (Å²) in [6.07, 6.45) is 0. The fourth-order valence-corrected chi connectivity index (χ4v) is 2.18. The average Bonchev–Trinajstić information content (AvgIpc) is 2.46. The van der Waals surface area contributed by atoms with Gasteiger partial charge in [-0.3, -0.25) is 4.79 Å². The van der Waals surface area contributed by atoms with Crippen LogP contribution in [-0.4, -0.2) is 13.0 Å². The van der Waals surface area contributed by atoms with Crippen molar-refractivity contribution >= 4 is 17.5 Å². The highest BCUT2D eigenvalue weighted by molar-refractivity contribution is 6.31. The number of primary amides is 1. The number of carbonyl (C=O) groups excluding carboxylic acids is 1. The summed E-state index contributed by atoms with van der Waals surface area (Å²) in [4.78, 5) is 11.3. The van der Waals surface area contributed by atoms with Gasteiger partial charge < -0.3 is 15.2 Å². The van der Waals surface area contributed by atoms with E-state index in [1.54, 1.807) is 18.2 Å². The average molecular weight is 306 g/mol. The Balaban J connectivity index is 2.28. The molecule has 4 nitrogen and oxygen atoms in total. The second-order valence-corrected chi connectivity index (χ2v) is 4.98. The Labute approximate surface area is 128 Å². The zero-order chi connectivity index (χ0) is 15.4. The summed E-state index contributed by atoms with van der Waals surface area (Å²) >= 11 is 6.10. The third-order valence-corrected chi connectivity index (χ3v) is 3.44. The fourth-order valence-electron chi connectivity index (χ4n) is 1.99. The summed E-state index contributed by atoms with van der Waals surface area (Å²) in [7, 11) is 1.52. The van der Waals surface area contributed by atoms with E-state index in [0.717, 1.165) is 11.1 Å². The molecule has 2 rings (SSSR count). The number of ether oxygens (including phenoxy) is 2. The topological polar surface area (TPSA) is 61.5 Å². The smallest absolute Gasteiger partial charge is 0.248 e. The van der Waals surface area contributed by atoms with E-state index in [1.807, 2.05) is 25.1 Å². The standard InChI is InChI=1S/C16H16ClNO3/c1-10-7-12(16(18)19)8-14(20-2)15(10)21-9-11-5-3-4-6-13(11)17/h3-8H,9H2,1-2H3,(H2,18,19). The minimum absolute atomic E-state index is 0.312. The SMILES string of the molecule is COc1cc(C(N)=O)cc(C)c1OCc1ccccc1Cl. The maximum absolute atomic E-state index is 11.3. The number of amides is 1. The molecule has 21 heavy (non-hydrogen) atoms. The fraction of sp³-hybridized carbons (Fsp3) is 0.188. The molecular weight excluding hydrogens is 290 g/mol. The van der Waals surface area contributed by atoms with Gasteiger partial charge in [0.25, 0.3) is 0 Å². The van der Waals surface area contributed by atoms with E-state index in [4.69, 9.17) is 26.8 Å². The molecule has 0 radical (unpaired) electrons. The van der Waals surface area contributed by atoms with Crippen molar-refractivity contribution in [2.45, 2.75) is 13.5 Å². The number of hydrogen-bond donors (Lipinski definition) is 1. The van der Waals surface area contributed by atoms with E-state index in [-0.39, 0.29) is 0 Å². The van der Waals surface area contributed by atoms with Crippen LogP contribution in [-0.2, 0) is 6.61 Å². The first-order valence-corrected chi connectivity index (χ1v) is 6.75. The summed E-state index contributed by atoms with van der Waals surface area (Å²) < 4.78 is 11.1. The lowest BCUT2D eigenvalue weighted by molar-refractivity contribution is 0.0999. The van der Waals surface area contributed by atoms with Crippen molar-refractivity contribution in [3.05, 3.63) is 58.1 Å². The van der Waals surface area contributed by atoms with Gasteiger partial charge in [-0.15, -0.1) is 0 Å². The van der Waals surface area contributed by atoms with Crippen LogP contribution in [0.15, 0.2) is 36.4 Å². The second kappa shape index (κ2) is 6.50. The molecule has 0 aliphatic carbocycles. The first kappa shape index (κ1) is 15.2. The molecule has 2 aromatic carbocycles. The predicted molar refractivity (Wildman–Crippen MR) is 82.0 cm³/mol. The molecule has 2 N–H and O–H groups in total. The van der Waals surface area contributed by atoms with Gasteiger partial charge in [0, 0.05) is 16.1 Å². The van der Waals surface area contributed by atoms with Crippen LogP contribution in [0, 0.1) is 6.92 Å². The van der Waals surface area contributed by atoms with E-state index in [9.17, 15) is 4.79 Å². The Hall–Kier alpha value is -2.20. The van der Waals surface area contributed by atoms with Crippen molar-refractivity contribution in [3.63, 3.8) is 0 Å². The van der Waals surface area contributed by atoms with E-state index in [0.29, 0.717) is 28.7 Å². The molecule has 0 spiro atoms. The molecule has 0 saturated carbocycles. The highest BCUT2D eigenvalue weighted by Crippen LogP contribution is 2.33. The molecule has 0 fully saturated rings. The maximum atomic E-state index is 11.3. The lowest BCUT2D eigenvalue weighted by Crippen LogP contribution is -2.12. The summed E-state index contributed by atoms with van der Waals surface area (Å²) in [5.41, 5.74) is 7.32. The quantitative estimate of drug-likeness (QED) is 0.921. The van der Waals surface area contributed by atoms with Gasteiger partial charge in [0.15, 0.2) is 11.5 Å². The van der Waals surface area contributed by atoms with Gasteiger partial charge in [-0.25, -0.2) is 0 Å². The summed E-state index contributed by atoms with van der Waals surface area (Å²) in [5.74, 6) is 0.535. The Morgan fingerprint density at radius 3 is 2.62 bits per heavy atom. The Bertz CT molecular complexity index is 671. The van der Waals surface area contributed by atoms with Crippen LogP contribution in [0.4, 0.5) is 0 Å². The first-order valence-electron chi connectivity index (χ1n) is 6.37. The lowest BCUT2D eigenvalue weighted by atomic mass is 10.1. The monoisotopic (exact) mass is 305 g/mol. The van der Waals surface area contributed by atoms with Crippen LogP contribution >= 0.6 is 11.6 Å². The highest BCUT2D eigenvalue weighted by Gasteiger charge is 2.13. The number of nitrogens with two attached hydrogens (primary N) is 1. The van der Waals surface area contributed by atoms with Crippen molar-refractivity contribution < 1.29 is 14.3 Å². The maximum Gasteiger partial charge on any atom is 0.248 e. The number of rotatable bonds is 5. The minimum Gasteiger partial charge on any atom is -0.493 e. The van der Waals surface area contributed by atoms with Crippen LogP contribution in [0.3, 0.4) is 0 Å². The minimum atomic E-state index is -0.506. The van der Waals surface area contributed by atoms with Gasteiger partial charge in [0.2, 0.25) is 5.91 Å². The van der Waals surface area contributed by atoms with E-state index in [1.165, 1.54) is 7.11 Å². The van der Waals surface area contributed by atoms with Crippen molar-refractivity contribution in [2.75, 3.05) is 7.11 Å². The van der Waals surface area contributed by atoms with Gasteiger partial charge in [0.1, 0.15) is 6.61 Å². The third-order valence-electron chi connectivity index (χ3n) is 3.07. The highest BCUT2D eigenvalue weighted by atomic mass is 35.5. The molecule has 2 aromatic rings. The van der Waals surface area contributed by atoms with Crippen LogP contribution in [0.1, 0.15) is 21.5 Å². The molecule has 0 atom stereocenters. The predicted octanol–water partition coefficient (Wildman–Crippen LogP) is 3.33. The first-order chi connectivity index (χ1) is 10.0. The number of carbonyl (C=O) groups is 1. The molecule has 0 heterocycles. The Morgan fingerprint density at radius 2 is 2.00 bits per heavy atom. The van der Waals surface area contributed by atoms with Crippen molar-refractivity contribution in [2.24, 2.45) is 5.73 Å². The van der Waals surface area contributed by atoms with Gasteiger partial charge >= 0.3 is 0 Å².